The van der Waals surface area contributed by atoms with Crippen molar-refractivity contribution >= 4 is 5.78 Å². The fraction of sp³-hybridized carbons (Fsp3) is 0.167. The van der Waals surface area contributed by atoms with Crippen molar-refractivity contribution in [3.63, 3.8) is 0 Å². The van der Waals surface area contributed by atoms with E-state index in [1.807, 2.05) is 19.1 Å². The van der Waals surface area contributed by atoms with E-state index in [0.29, 0.717) is 11.5 Å². The lowest BCUT2D eigenvalue weighted by molar-refractivity contribution is 0.101. The number of hydrogen-bond acceptors (Lipinski definition) is 3. The molecule has 0 bridgehead atoms. The summed E-state index contributed by atoms with van der Waals surface area (Å²) in [5.41, 5.74) is 2.43. The molecule has 0 amide bonds. The molecule has 0 N–H and O–H groups in total. The summed E-state index contributed by atoms with van der Waals surface area (Å²) in [6.07, 6.45) is 1.61. The summed E-state index contributed by atoms with van der Waals surface area (Å²) >= 11 is 0. The van der Waals surface area contributed by atoms with Crippen molar-refractivity contribution in [3.05, 3.63) is 41.8 Å². The lowest BCUT2D eigenvalue weighted by atomic mass is 10.1. The molecule has 1 heterocycles. The zero-order chi connectivity index (χ0) is 10.8. The first kappa shape index (κ1) is 9.65. The number of carbonyl (C=O) groups excluding carboxylic acids is 1. The summed E-state index contributed by atoms with van der Waals surface area (Å²) in [6, 6.07) is 7.22. The molecule has 0 saturated carbocycles. The molecular weight excluding hydrogens is 190 g/mol. The van der Waals surface area contributed by atoms with Gasteiger partial charge in [-0.1, -0.05) is 12.1 Å². The van der Waals surface area contributed by atoms with Crippen LogP contribution in [-0.4, -0.2) is 10.8 Å². The topological polar surface area (TPSA) is 43.1 Å². The maximum atomic E-state index is 11.1. The van der Waals surface area contributed by atoms with Crippen LogP contribution in [-0.2, 0) is 0 Å². The van der Waals surface area contributed by atoms with E-state index in [2.05, 4.69) is 4.98 Å². The van der Waals surface area contributed by atoms with Gasteiger partial charge in [0.05, 0.1) is 5.69 Å². The maximum Gasteiger partial charge on any atom is 0.226 e. The van der Waals surface area contributed by atoms with Gasteiger partial charge in [-0.05, 0) is 26.0 Å². The van der Waals surface area contributed by atoms with E-state index in [4.69, 9.17) is 4.42 Å². The molecule has 0 fully saturated rings. The number of Topliss-reactive ketones (excluding diaryl/α,β-unsaturated/α-hetero) is 1. The normalized spacial score (nSPS) is 10.3. The molecule has 1 aromatic heterocycles. The molecule has 0 atom stereocenters. The van der Waals surface area contributed by atoms with Gasteiger partial charge in [0.25, 0.3) is 0 Å². The van der Waals surface area contributed by atoms with Crippen LogP contribution in [0.4, 0.5) is 0 Å². The van der Waals surface area contributed by atoms with Gasteiger partial charge in [0.1, 0.15) is 6.26 Å². The van der Waals surface area contributed by atoms with Crippen molar-refractivity contribution in [2.75, 3.05) is 0 Å². The fourth-order valence-corrected chi connectivity index (χ4v) is 1.33. The van der Waals surface area contributed by atoms with Crippen LogP contribution in [0.5, 0.6) is 0 Å². The summed E-state index contributed by atoms with van der Waals surface area (Å²) < 4.78 is 5.25. The van der Waals surface area contributed by atoms with Crippen LogP contribution in [0.1, 0.15) is 23.0 Å². The molecule has 0 aliphatic heterocycles. The van der Waals surface area contributed by atoms with Crippen molar-refractivity contribution in [2.24, 2.45) is 0 Å². The lowest BCUT2D eigenvalue weighted by Gasteiger charge is -1.97. The van der Waals surface area contributed by atoms with Gasteiger partial charge in [-0.3, -0.25) is 4.79 Å². The van der Waals surface area contributed by atoms with Crippen LogP contribution in [0.25, 0.3) is 11.5 Å². The smallest absolute Gasteiger partial charge is 0.226 e. The largest absolute Gasteiger partial charge is 0.444 e. The predicted octanol–water partition coefficient (Wildman–Crippen LogP) is 2.85. The van der Waals surface area contributed by atoms with Gasteiger partial charge in [-0.25, -0.2) is 4.98 Å². The molecule has 0 radical (unpaired) electrons. The molecule has 0 aliphatic carbocycles. The Bertz CT molecular complexity index is 483. The number of ketones is 1. The molecule has 2 aromatic rings. The van der Waals surface area contributed by atoms with Gasteiger partial charge in [0.15, 0.2) is 5.78 Å². The molecular formula is C12H11NO2. The minimum atomic E-state index is 0.0603. The molecule has 76 valence electrons. The fourth-order valence-electron chi connectivity index (χ4n) is 1.33. The van der Waals surface area contributed by atoms with Crippen molar-refractivity contribution in [2.45, 2.75) is 13.8 Å². The Hall–Kier alpha value is -1.90. The van der Waals surface area contributed by atoms with Gasteiger partial charge in [0, 0.05) is 11.1 Å². The number of oxazole rings is 1. The van der Waals surface area contributed by atoms with Crippen LogP contribution in [0.2, 0.25) is 0 Å². The van der Waals surface area contributed by atoms with E-state index in [9.17, 15) is 4.79 Å². The summed E-state index contributed by atoms with van der Waals surface area (Å²) in [5.74, 6) is 0.646. The summed E-state index contributed by atoms with van der Waals surface area (Å²) in [6.45, 7) is 3.42. The zero-order valence-corrected chi connectivity index (χ0v) is 8.65. The molecule has 0 saturated heterocycles. The van der Waals surface area contributed by atoms with Gasteiger partial charge >= 0.3 is 0 Å². The minimum Gasteiger partial charge on any atom is -0.444 e. The predicted molar refractivity (Wildman–Crippen MR) is 56.7 cm³/mol. The molecule has 0 spiro atoms. The van der Waals surface area contributed by atoms with Gasteiger partial charge in [-0.2, -0.15) is 0 Å². The van der Waals surface area contributed by atoms with Crippen molar-refractivity contribution < 1.29 is 9.21 Å². The van der Waals surface area contributed by atoms with E-state index in [1.165, 1.54) is 0 Å². The van der Waals surface area contributed by atoms with E-state index in [0.717, 1.165) is 11.3 Å². The number of carbonyl (C=O) groups is 1. The van der Waals surface area contributed by atoms with E-state index in [1.54, 1.807) is 25.3 Å². The first-order chi connectivity index (χ1) is 7.16. The average molecular weight is 201 g/mol. The average Bonchev–Trinajstić information content (AvgIpc) is 2.65. The standard InChI is InChI=1S/C12H11NO2/c1-8-7-15-12(13-8)11-5-3-10(4-6-11)9(2)14/h3-7H,1-2H3. The highest BCUT2D eigenvalue weighted by molar-refractivity contribution is 5.94. The molecule has 3 nitrogen and oxygen atoms in total. The number of nitrogens with zero attached hydrogens (tertiary/aromatic N) is 1. The second-order valence-electron chi connectivity index (χ2n) is 3.43. The highest BCUT2D eigenvalue weighted by Gasteiger charge is 2.05. The third-order valence-corrected chi connectivity index (χ3v) is 2.16. The zero-order valence-electron chi connectivity index (χ0n) is 8.65. The van der Waals surface area contributed by atoms with E-state index >= 15 is 0 Å². The summed E-state index contributed by atoms with van der Waals surface area (Å²) in [4.78, 5) is 15.3. The lowest BCUT2D eigenvalue weighted by Crippen LogP contribution is -1.90. The van der Waals surface area contributed by atoms with Gasteiger partial charge in [-0.15, -0.1) is 0 Å². The Balaban J connectivity index is 2.35. The molecule has 1 aromatic carbocycles. The number of hydrogen-bond donors (Lipinski definition) is 0. The Morgan fingerprint density at radius 3 is 2.40 bits per heavy atom. The minimum absolute atomic E-state index is 0.0603. The highest BCUT2D eigenvalue weighted by atomic mass is 16.3. The Labute approximate surface area is 87.8 Å². The number of benzene rings is 1. The number of rotatable bonds is 2. The van der Waals surface area contributed by atoms with E-state index in [-0.39, 0.29) is 5.78 Å². The summed E-state index contributed by atoms with van der Waals surface area (Å²) in [5, 5.41) is 0. The first-order valence-corrected chi connectivity index (χ1v) is 4.70. The van der Waals surface area contributed by atoms with Crippen molar-refractivity contribution in [1.29, 1.82) is 0 Å². The van der Waals surface area contributed by atoms with Gasteiger partial charge < -0.3 is 4.42 Å². The molecule has 0 aliphatic rings. The second-order valence-corrected chi connectivity index (χ2v) is 3.43. The molecule has 0 unspecified atom stereocenters. The van der Waals surface area contributed by atoms with Gasteiger partial charge in [0.2, 0.25) is 5.89 Å². The first-order valence-electron chi connectivity index (χ1n) is 4.70. The third-order valence-electron chi connectivity index (χ3n) is 2.16. The van der Waals surface area contributed by atoms with Crippen LogP contribution in [0, 0.1) is 6.92 Å². The molecule has 3 heteroatoms. The van der Waals surface area contributed by atoms with Crippen LogP contribution >= 0.6 is 0 Å². The van der Waals surface area contributed by atoms with Crippen molar-refractivity contribution in [3.8, 4) is 11.5 Å². The van der Waals surface area contributed by atoms with Crippen LogP contribution in [0.3, 0.4) is 0 Å². The second kappa shape index (κ2) is 3.69. The highest BCUT2D eigenvalue weighted by Crippen LogP contribution is 2.18. The van der Waals surface area contributed by atoms with E-state index < -0.39 is 0 Å². The molecule has 15 heavy (non-hydrogen) atoms. The Morgan fingerprint density at radius 2 is 1.93 bits per heavy atom. The Morgan fingerprint density at radius 1 is 1.27 bits per heavy atom. The SMILES string of the molecule is CC(=O)c1ccc(-c2nc(C)co2)cc1. The quantitative estimate of drug-likeness (QED) is 0.701. The number of aromatic nitrogens is 1. The number of aryl methyl sites for hydroxylation is 1. The third kappa shape index (κ3) is 1.96. The van der Waals surface area contributed by atoms with Crippen LogP contribution < -0.4 is 0 Å². The monoisotopic (exact) mass is 201 g/mol. The summed E-state index contributed by atoms with van der Waals surface area (Å²) in [7, 11) is 0. The van der Waals surface area contributed by atoms with Crippen LogP contribution in [0.15, 0.2) is 34.9 Å². The van der Waals surface area contributed by atoms with Crippen molar-refractivity contribution in [1.82, 2.24) is 4.98 Å². The maximum absolute atomic E-state index is 11.1. The Kier molecular flexibility index (Phi) is 2.37. The molecule has 2 rings (SSSR count).